The lowest BCUT2D eigenvalue weighted by Crippen LogP contribution is -1.99. The summed E-state index contributed by atoms with van der Waals surface area (Å²) in [6.07, 6.45) is 5.54. The molecule has 0 fully saturated rings. The molecule has 0 aliphatic rings. The molecule has 8 rings (SSSR count). The number of hydrogen-bond donors (Lipinski definition) is 0. The zero-order valence-corrected chi connectivity index (χ0v) is 22.4. The first kappa shape index (κ1) is 23.3. The van der Waals surface area contributed by atoms with Crippen LogP contribution in [-0.4, -0.2) is 24.1 Å². The summed E-state index contributed by atoms with van der Waals surface area (Å²) in [5.74, 6) is 0.946. The van der Waals surface area contributed by atoms with E-state index in [4.69, 9.17) is 4.98 Å². The standard InChI is InChI=1S/C36H25N5/c1-40-33-12-5-3-10-31(33)39-36(40)26-14-16-29-28-8-2-4-11-32(28)41(35(29)23-26)34-22-25(30-9-6-7-19-38-30)13-15-27(34)24-17-20-37-21-18-24/h2-23H,1H3. The highest BCUT2D eigenvalue weighted by Gasteiger charge is 2.19. The number of nitrogens with zero attached hydrogens (tertiary/aromatic N) is 5. The van der Waals surface area contributed by atoms with E-state index in [1.807, 2.05) is 36.8 Å². The first-order chi connectivity index (χ1) is 20.3. The molecule has 0 amide bonds. The van der Waals surface area contributed by atoms with Gasteiger partial charge in [0.2, 0.25) is 0 Å². The second-order valence-corrected chi connectivity index (χ2v) is 10.3. The minimum absolute atomic E-state index is 0.941. The molecule has 4 aromatic carbocycles. The minimum atomic E-state index is 0.941. The number of pyridine rings is 2. The van der Waals surface area contributed by atoms with E-state index in [1.54, 1.807) is 0 Å². The van der Waals surface area contributed by atoms with Gasteiger partial charge in [-0.3, -0.25) is 9.97 Å². The fraction of sp³-hybridized carbons (Fsp3) is 0.0278. The number of para-hydroxylation sites is 3. The van der Waals surface area contributed by atoms with Crippen LogP contribution in [-0.2, 0) is 7.05 Å². The molecule has 0 radical (unpaired) electrons. The molecule has 4 aromatic heterocycles. The van der Waals surface area contributed by atoms with Crippen LogP contribution in [0.5, 0.6) is 0 Å². The van der Waals surface area contributed by atoms with Gasteiger partial charge in [0.15, 0.2) is 0 Å². The molecule has 0 aliphatic heterocycles. The third-order valence-corrected chi connectivity index (χ3v) is 7.91. The maximum atomic E-state index is 5.00. The van der Waals surface area contributed by atoms with Crippen LogP contribution in [0.15, 0.2) is 134 Å². The summed E-state index contributed by atoms with van der Waals surface area (Å²) in [5.41, 5.74) is 10.8. The Bertz CT molecular complexity index is 2210. The fourth-order valence-corrected chi connectivity index (χ4v) is 5.96. The van der Waals surface area contributed by atoms with E-state index < -0.39 is 0 Å². The van der Waals surface area contributed by atoms with Crippen LogP contribution in [0.4, 0.5) is 0 Å². The normalized spacial score (nSPS) is 11.5. The molecular formula is C36H25N5. The van der Waals surface area contributed by atoms with Crippen molar-refractivity contribution in [3.05, 3.63) is 134 Å². The Morgan fingerprint density at radius 2 is 1.32 bits per heavy atom. The van der Waals surface area contributed by atoms with Gasteiger partial charge in [0, 0.05) is 53.1 Å². The Morgan fingerprint density at radius 3 is 2.15 bits per heavy atom. The third kappa shape index (κ3) is 3.74. The molecule has 5 nitrogen and oxygen atoms in total. The van der Waals surface area contributed by atoms with Gasteiger partial charge in [-0.05, 0) is 60.2 Å². The van der Waals surface area contributed by atoms with E-state index in [0.717, 1.165) is 61.5 Å². The Balaban J connectivity index is 1.45. The summed E-state index contributed by atoms with van der Waals surface area (Å²) in [6, 6.07) is 40.4. The molecule has 4 heterocycles. The van der Waals surface area contributed by atoms with Crippen LogP contribution < -0.4 is 0 Å². The molecule has 5 heteroatoms. The third-order valence-electron chi connectivity index (χ3n) is 7.91. The van der Waals surface area contributed by atoms with Crippen LogP contribution in [0.2, 0.25) is 0 Å². The van der Waals surface area contributed by atoms with E-state index in [9.17, 15) is 0 Å². The lowest BCUT2D eigenvalue weighted by molar-refractivity contribution is 0.959. The summed E-state index contributed by atoms with van der Waals surface area (Å²) in [7, 11) is 2.09. The zero-order valence-electron chi connectivity index (χ0n) is 22.4. The summed E-state index contributed by atoms with van der Waals surface area (Å²) in [6.45, 7) is 0. The molecule has 0 unspecified atom stereocenters. The van der Waals surface area contributed by atoms with Crippen molar-refractivity contribution in [2.45, 2.75) is 0 Å². The average molecular weight is 528 g/mol. The monoisotopic (exact) mass is 527 g/mol. The van der Waals surface area contributed by atoms with Crippen LogP contribution in [0.1, 0.15) is 0 Å². The van der Waals surface area contributed by atoms with Gasteiger partial charge in [0.25, 0.3) is 0 Å². The predicted octanol–water partition coefficient (Wildman–Crippen LogP) is 8.46. The second kappa shape index (κ2) is 9.28. The number of aromatic nitrogens is 5. The molecule has 0 spiro atoms. The molecule has 8 aromatic rings. The number of fused-ring (bicyclic) bond motifs is 4. The van der Waals surface area contributed by atoms with Crippen LogP contribution in [0, 0.1) is 0 Å². The lowest BCUT2D eigenvalue weighted by atomic mass is 10.0. The molecule has 0 saturated carbocycles. The molecule has 0 N–H and O–H groups in total. The molecule has 0 atom stereocenters. The lowest BCUT2D eigenvalue weighted by Gasteiger charge is -2.16. The van der Waals surface area contributed by atoms with Crippen molar-refractivity contribution in [3.63, 3.8) is 0 Å². The van der Waals surface area contributed by atoms with Gasteiger partial charge in [0.05, 0.1) is 33.4 Å². The maximum Gasteiger partial charge on any atom is 0.140 e. The van der Waals surface area contributed by atoms with Crippen LogP contribution >= 0.6 is 0 Å². The summed E-state index contributed by atoms with van der Waals surface area (Å²) >= 11 is 0. The molecule has 0 aliphatic carbocycles. The highest BCUT2D eigenvalue weighted by atomic mass is 15.1. The van der Waals surface area contributed by atoms with Crippen molar-refractivity contribution in [1.82, 2.24) is 24.1 Å². The minimum Gasteiger partial charge on any atom is -0.327 e. The van der Waals surface area contributed by atoms with E-state index in [1.165, 1.54) is 10.8 Å². The first-order valence-corrected chi connectivity index (χ1v) is 13.7. The van der Waals surface area contributed by atoms with Crippen LogP contribution in [0.25, 0.3) is 72.3 Å². The smallest absolute Gasteiger partial charge is 0.140 e. The summed E-state index contributed by atoms with van der Waals surface area (Å²) < 4.78 is 4.56. The van der Waals surface area contributed by atoms with Gasteiger partial charge >= 0.3 is 0 Å². The quantitative estimate of drug-likeness (QED) is 0.231. The maximum absolute atomic E-state index is 5.00. The number of benzene rings is 4. The Morgan fingerprint density at radius 1 is 0.561 bits per heavy atom. The largest absolute Gasteiger partial charge is 0.327 e. The number of hydrogen-bond acceptors (Lipinski definition) is 3. The average Bonchev–Trinajstić information content (AvgIpc) is 3.56. The first-order valence-electron chi connectivity index (χ1n) is 13.7. The van der Waals surface area contributed by atoms with E-state index in [-0.39, 0.29) is 0 Å². The Labute approximate surface area is 237 Å². The van der Waals surface area contributed by atoms with Crippen molar-refractivity contribution in [3.8, 4) is 39.5 Å². The molecule has 0 saturated heterocycles. The highest BCUT2D eigenvalue weighted by Crippen LogP contribution is 2.39. The SMILES string of the molecule is Cn1c(-c2ccc3c4ccccc4n(-c4cc(-c5ccccn5)ccc4-c4ccncc4)c3c2)nc2ccccc21. The van der Waals surface area contributed by atoms with E-state index in [0.29, 0.717) is 0 Å². The summed E-state index contributed by atoms with van der Waals surface area (Å²) in [4.78, 5) is 13.9. The van der Waals surface area contributed by atoms with E-state index >= 15 is 0 Å². The Hall–Kier alpha value is -5.55. The number of imidazole rings is 1. The number of rotatable bonds is 4. The topological polar surface area (TPSA) is 48.5 Å². The van der Waals surface area contributed by atoms with Gasteiger partial charge in [0.1, 0.15) is 5.82 Å². The fourth-order valence-electron chi connectivity index (χ4n) is 5.96. The van der Waals surface area contributed by atoms with Crippen molar-refractivity contribution in [2.24, 2.45) is 7.05 Å². The number of aryl methyl sites for hydroxylation is 1. The molecular weight excluding hydrogens is 502 g/mol. The predicted molar refractivity (Wildman–Crippen MR) is 167 cm³/mol. The van der Waals surface area contributed by atoms with Gasteiger partial charge < -0.3 is 9.13 Å². The van der Waals surface area contributed by atoms with Gasteiger partial charge in [-0.25, -0.2) is 4.98 Å². The summed E-state index contributed by atoms with van der Waals surface area (Å²) in [5, 5.41) is 2.41. The second-order valence-electron chi connectivity index (χ2n) is 10.3. The highest BCUT2D eigenvalue weighted by molar-refractivity contribution is 6.10. The Kier molecular flexibility index (Phi) is 5.28. The van der Waals surface area contributed by atoms with Crippen LogP contribution in [0.3, 0.4) is 0 Å². The van der Waals surface area contributed by atoms with Gasteiger partial charge in [-0.15, -0.1) is 0 Å². The molecule has 194 valence electrons. The zero-order chi connectivity index (χ0) is 27.3. The van der Waals surface area contributed by atoms with Crippen molar-refractivity contribution < 1.29 is 0 Å². The van der Waals surface area contributed by atoms with Crippen molar-refractivity contribution in [1.29, 1.82) is 0 Å². The van der Waals surface area contributed by atoms with Gasteiger partial charge in [-0.1, -0.05) is 60.7 Å². The van der Waals surface area contributed by atoms with Crippen molar-refractivity contribution in [2.75, 3.05) is 0 Å². The van der Waals surface area contributed by atoms with E-state index in [2.05, 4.69) is 123 Å². The molecule has 41 heavy (non-hydrogen) atoms. The van der Waals surface area contributed by atoms with Gasteiger partial charge in [-0.2, -0.15) is 0 Å². The van der Waals surface area contributed by atoms with Crippen molar-refractivity contribution >= 4 is 32.8 Å². The molecule has 0 bridgehead atoms.